The molecule has 0 fully saturated rings. The molecule has 1 rings (SSSR count). The normalized spacial score (nSPS) is 11.3. The van der Waals surface area contributed by atoms with Gasteiger partial charge in [0.1, 0.15) is 0 Å². The van der Waals surface area contributed by atoms with Gasteiger partial charge in [-0.15, -0.1) is 0 Å². The second kappa shape index (κ2) is 5.70. The van der Waals surface area contributed by atoms with Crippen LogP contribution in [0.5, 0.6) is 11.5 Å². The minimum absolute atomic E-state index is 0.0750. The molecule has 0 atom stereocenters. The first-order valence-electron chi connectivity index (χ1n) is 5.46. The van der Waals surface area contributed by atoms with Gasteiger partial charge in [-0.05, 0) is 26.0 Å². The maximum absolute atomic E-state index is 11.5. The fraction of sp³-hybridized carbons (Fsp3) is 0.417. The average molecular weight is 255 g/mol. The van der Waals surface area contributed by atoms with Gasteiger partial charge in [-0.1, -0.05) is 0 Å². The summed E-state index contributed by atoms with van der Waals surface area (Å²) < 4.78 is 4.99. The zero-order valence-electron chi connectivity index (χ0n) is 10.3. The fourth-order valence-electron chi connectivity index (χ4n) is 1.22. The average Bonchev–Trinajstić information content (AvgIpc) is 2.21. The van der Waals surface area contributed by atoms with E-state index in [1.54, 1.807) is 0 Å². The molecule has 0 heterocycles. The number of amides is 1. The standard InChI is InChI=1S/C12H17NO5/c1-12(2,17)18-6-5-11(16)13-8-3-4-9(14)10(15)7-8/h3-4,7,14-15,17H,5-6H2,1-2H3,(H,13,16). The van der Waals surface area contributed by atoms with Crippen LogP contribution < -0.4 is 5.32 Å². The Morgan fingerprint density at radius 1 is 1.33 bits per heavy atom. The van der Waals surface area contributed by atoms with E-state index in [1.807, 2.05) is 0 Å². The number of phenols is 2. The zero-order chi connectivity index (χ0) is 13.8. The molecule has 0 bridgehead atoms. The number of hydrogen-bond donors (Lipinski definition) is 4. The Kier molecular flexibility index (Phi) is 4.52. The van der Waals surface area contributed by atoms with Gasteiger partial charge in [0, 0.05) is 11.8 Å². The Balaban J connectivity index is 2.42. The number of nitrogens with one attached hydrogen (secondary N) is 1. The second-order valence-corrected chi connectivity index (χ2v) is 4.30. The third-order valence-electron chi connectivity index (χ3n) is 2.04. The van der Waals surface area contributed by atoms with Gasteiger partial charge in [0.2, 0.25) is 5.91 Å². The highest BCUT2D eigenvalue weighted by Crippen LogP contribution is 2.27. The first-order chi connectivity index (χ1) is 8.28. The van der Waals surface area contributed by atoms with Crippen LogP contribution >= 0.6 is 0 Å². The molecule has 0 unspecified atom stereocenters. The van der Waals surface area contributed by atoms with Gasteiger partial charge in [0.15, 0.2) is 17.3 Å². The molecule has 6 heteroatoms. The molecule has 0 aromatic heterocycles. The van der Waals surface area contributed by atoms with Crippen LogP contribution in [0, 0.1) is 0 Å². The molecule has 0 aliphatic rings. The molecule has 4 N–H and O–H groups in total. The van der Waals surface area contributed by atoms with Gasteiger partial charge in [-0.3, -0.25) is 4.79 Å². The van der Waals surface area contributed by atoms with Crippen LogP contribution in [-0.2, 0) is 9.53 Å². The van der Waals surface area contributed by atoms with E-state index in [4.69, 9.17) is 9.84 Å². The monoisotopic (exact) mass is 255 g/mol. The summed E-state index contributed by atoms with van der Waals surface area (Å²) in [6.07, 6.45) is 0.0750. The molecule has 100 valence electrons. The van der Waals surface area contributed by atoms with E-state index in [0.717, 1.165) is 0 Å². The molecule has 0 aliphatic carbocycles. The summed E-state index contributed by atoms with van der Waals surface area (Å²) in [4.78, 5) is 11.5. The summed E-state index contributed by atoms with van der Waals surface area (Å²) in [6, 6.07) is 3.98. The molecule has 0 radical (unpaired) electrons. The minimum atomic E-state index is -1.27. The second-order valence-electron chi connectivity index (χ2n) is 4.30. The number of benzene rings is 1. The number of rotatable bonds is 5. The summed E-state index contributed by atoms with van der Waals surface area (Å²) in [5, 5.41) is 30.1. The number of carbonyl (C=O) groups excluding carboxylic acids is 1. The van der Waals surface area contributed by atoms with Crippen LogP contribution in [0.1, 0.15) is 20.3 Å². The van der Waals surface area contributed by atoms with Gasteiger partial charge in [0.05, 0.1) is 13.0 Å². The molecular formula is C12H17NO5. The van der Waals surface area contributed by atoms with E-state index in [-0.39, 0.29) is 30.4 Å². The lowest BCUT2D eigenvalue weighted by molar-refractivity contribution is -0.176. The van der Waals surface area contributed by atoms with Crippen LogP contribution in [0.25, 0.3) is 0 Å². The van der Waals surface area contributed by atoms with Crippen LogP contribution in [0.4, 0.5) is 5.69 Å². The van der Waals surface area contributed by atoms with Crippen molar-refractivity contribution in [2.24, 2.45) is 0 Å². The molecular weight excluding hydrogens is 238 g/mol. The maximum atomic E-state index is 11.5. The first kappa shape index (κ1) is 14.3. The summed E-state index contributed by atoms with van der Waals surface area (Å²) in [5.41, 5.74) is 0.374. The molecule has 0 aliphatic heterocycles. The molecule has 0 saturated carbocycles. The zero-order valence-corrected chi connectivity index (χ0v) is 10.3. The van der Waals surface area contributed by atoms with Crippen molar-refractivity contribution in [3.63, 3.8) is 0 Å². The predicted molar refractivity (Wildman–Crippen MR) is 65.3 cm³/mol. The number of ether oxygens (including phenoxy) is 1. The van der Waals surface area contributed by atoms with Crippen LogP contribution in [-0.4, -0.2) is 33.6 Å². The Labute approximate surface area is 105 Å². The van der Waals surface area contributed by atoms with E-state index in [0.29, 0.717) is 5.69 Å². The van der Waals surface area contributed by atoms with Gasteiger partial charge in [0.25, 0.3) is 0 Å². The molecule has 0 saturated heterocycles. The Hall–Kier alpha value is -1.79. The predicted octanol–water partition coefficient (Wildman–Crippen LogP) is 1.17. The van der Waals surface area contributed by atoms with Gasteiger partial charge in [-0.25, -0.2) is 0 Å². The molecule has 6 nitrogen and oxygen atoms in total. The fourth-order valence-corrected chi connectivity index (χ4v) is 1.22. The SMILES string of the molecule is CC(C)(O)OCCC(=O)Nc1ccc(O)c(O)c1. The highest BCUT2D eigenvalue weighted by Gasteiger charge is 2.13. The number of hydrogen-bond acceptors (Lipinski definition) is 5. The Bertz CT molecular complexity index is 425. The quantitative estimate of drug-likeness (QED) is 0.359. The summed E-state index contributed by atoms with van der Waals surface area (Å²) in [6.45, 7) is 3.03. The lowest BCUT2D eigenvalue weighted by Crippen LogP contribution is -2.25. The van der Waals surface area contributed by atoms with Crippen molar-refractivity contribution < 1.29 is 24.9 Å². The molecule has 1 aromatic rings. The Morgan fingerprint density at radius 3 is 2.56 bits per heavy atom. The smallest absolute Gasteiger partial charge is 0.226 e. The van der Waals surface area contributed by atoms with Crippen molar-refractivity contribution in [1.82, 2.24) is 0 Å². The van der Waals surface area contributed by atoms with Crippen molar-refractivity contribution in [2.75, 3.05) is 11.9 Å². The third kappa shape index (κ3) is 5.03. The number of phenolic OH excluding ortho intramolecular Hbond substituents is 2. The number of anilines is 1. The van der Waals surface area contributed by atoms with Crippen molar-refractivity contribution in [2.45, 2.75) is 26.1 Å². The van der Waals surface area contributed by atoms with E-state index in [1.165, 1.54) is 32.0 Å². The van der Waals surface area contributed by atoms with Crippen molar-refractivity contribution in [1.29, 1.82) is 0 Å². The van der Waals surface area contributed by atoms with Crippen molar-refractivity contribution >= 4 is 11.6 Å². The topological polar surface area (TPSA) is 99.0 Å². The van der Waals surface area contributed by atoms with Crippen LogP contribution in [0.2, 0.25) is 0 Å². The molecule has 1 aromatic carbocycles. The lowest BCUT2D eigenvalue weighted by atomic mass is 10.2. The van der Waals surface area contributed by atoms with Crippen LogP contribution in [0.15, 0.2) is 18.2 Å². The van der Waals surface area contributed by atoms with Crippen LogP contribution in [0.3, 0.4) is 0 Å². The van der Waals surface area contributed by atoms with E-state index in [9.17, 15) is 15.0 Å². The van der Waals surface area contributed by atoms with Gasteiger partial charge < -0.3 is 25.4 Å². The summed E-state index contributed by atoms with van der Waals surface area (Å²) in [5.74, 6) is -2.14. The summed E-state index contributed by atoms with van der Waals surface area (Å²) >= 11 is 0. The van der Waals surface area contributed by atoms with Gasteiger partial charge >= 0.3 is 0 Å². The first-order valence-corrected chi connectivity index (χ1v) is 5.46. The van der Waals surface area contributed by atoms with Crippen molar-refractivity contribution in [3.8, 4) is 11.5 Å². The largest absolute Gasteiger partial charge is 0.504 e. The highest BCUT2D eigenvalue weighted by atomic mass is 16.6. The highest BCUT2D eigenvalue weighted by molar-refractivity contribution is 5.91. The minimum Gasteiger partial charge on any atom is -0.504 e. The van der Waals surface area contributed by atoms with Gasteiger partial charge in [-0.2, -0.15) is 0 Å². The summed E-state index contributed by atoms with van der Waals surface area (Å²) in [7, 11) is 0. The number of carbonyl (C=O) groups is 1. The Morgan fingerprint density at radius 2 is 2.00 bits per heavy atom. The maximum Gasteiger partial charge on any atom is 0.226 e. The van der Waals surface area contributed by atoms with E-state index < -0.39 is 5.79 Å². The molecule has 18 heavy (non-hydrogen) atoms. The van der Waals surface area contributed by atoms with E-state index in [2.05, 4.69) is 5.32 Å². The van der Waals surface area contributed by atoms with E-state index >= 15 is 0 Å². The lowest BCUT2D eigenvalue weighted by Gasteiger charge is -2.17. The molecule has 0 spiro atoms. The number of aliphatic hydroxyl groups is 1. The number of aromatic hydroxyl groups is 2. The van der Waals surface area contributed by atoms with Crippen molar-refractivity contribution in [3.05, 3.63) is 18.2 Å². The third-order valence-corrected chi connectivity index (χ3v) is 2.04. The molecule has 1 amide bonds.